The molecule has 0 radical (unpaired) electrons. The van der Waals surface area contributed by atoms with Crippen LogP contribution in [0.3, 0.4) is 0 Å². The Morgan fingerprint density at radius 1 is 0.812 bits per heavy atom. The van der Waals surface area contributed by atoms with E-state index in [4.69, 9.17) is 0 Å². The Labute approximate surface area is 101 Å². The Kier molecular flexibility index (Phi) is 2.29. The molecule has 3 rings (SSSR count). The van der Waals surface area contributed by atoms with Crippen LogP contribution in [0, 0.1) is 0 Å². The van der Waals surface area contributed by atoms with Gasteiger partial charge in [0.15, 0.2) is 0 Å². The molecule has 0 N–H and O–H groups in total. The van der Waals surface area contributed by atoms with Crippen LogP contribution in [0.5, 0.6) is 0 Å². The van der Waals surface area contributed by atoms with Crippen LogP contribution in [-0.4, -0.2) is 5.25 Å². The molecule has 2 aromatic rings. The number of benzene rings is 2. The monoisotopic (exact) mass is 226 g/mol. The normalized spacial score (nSPS) is 21.7. The molecule has 2 aromatic carbocycles. The first-order valence-corrected chi connectivity index (χ1v) is 6.51. The van der Waals surface area contributed by atoms with Crippen molar-refractivity contribution in [3.63, 3.8) is 0 Å². The van der Waals surface area contributed by atoms with Crippen LogP contribution in [0.4, 0.5) is 0 Å². The van der Waals surface area contributed by atoms with Gasteiger partial charge in [0, 0.05) is 5.25 Å². The van der Waals surface area contributed by atoms with Gasteiger partial charge in [0.05, 0.1) is 4.75 Å². The molecule has 1 aliphatic heterocycles. The molecule has 1 heteroatoms. The Hall–Kier alpha value is -1.21. The van der Waals surface area contributed by atoms with Crippen molar-refractivity contribution in [1.82, 2.24) is 0 Å². The fourth-order valence-corrected chi connectivity index (χ4v) is 3.69. The SMILES string of the molecule is CC1SC1(c1ccccc1)c1ccccc1. The average molecular weight is 226 g/mol. The summed E-state index contributed by atoms with van der Waals surface area (Å²) in [7, 11) is 0. The highest BCUT2D eigenvalue weighted by Crippen LogP contribution is 2.64. The summed E-state index contributed by atoms with van der Waals surface area (Å²) in [5.41, 5.74) is 2.86. The van der Waals surface area contributed by atoms with Crippen LogP contribution in [0.25, 0.3) is 0 Å². The van der Waals surface area contributed by atoms with Gasteiger partial charge in [-0.05, 0) is 11.1 Å². The van der Waals surface area contributed by atoms with Crippen LogP contribution in [-0.2, 0) is 4.75 Å². The molecular formula is C15H14S. The number of rotatable bonds is 2. The molecule has 0 nitrogen and oxygen atoms in total. The van der Waals surface area contributed by atoms with Crippen molar-refractivity contribution in [2.75, 3.05) is 0 Å². The molecule has 80 valence electrons. The third-order valence-electron chi connectivity index (χ3n) is 3.28. The molecule has 1 aliphatic rings. The molecule has 0 aliphatic carbocycles. The first kappa shape index (κ1) is 9.98. The summed E-state index contributed by atoms with van der Waals surface area (Å²) in [6.45, 7) is 2.31. The number of thioether (sulfide) groups is 1. The van der Waals surface area contributed by atoms with Gasteiger partial charge in [0.2, 0.25) is 0 Å². The molecule has 0 spiro atoms. The third kappa shape index (κ3) is 1.39. The predicted molar refractivity (Wildman–Crippen MR) is 70.7 cm³/mol. The maximum atomic E-state index is 2.31. The Morgan fingerprint density at radius 2 is 1.19 bits per heavy atom. The van der Waals surface area contributed by atoms with Gasteiger partial charge in [-0.1, -0.05) is 67.6 Å². The molecule has 16 heavy (non-hydrogen) atoms. The van der Waals surface area contributed by atoms with Crippen molar-refractivity contribution in [2.45, 2.75) is 16.9 Å². The zero-order valence-corrected chi connectivity index (χ0v) is 10.1. The lowest BCUT2D eigenvalue weighted by Gasteiger charge is -2.15. The summed E-state index contributed by atoms with van der Waals surface area (Å²) in [5.74, 6) is 0. The van der Waals surface area contributed by atoms with E-state index in [2.05, 4.69) is 67.6 Å². The standard InChI is InChI=1S/C15H14S/c1-12-15(16-12,13-8-4-2-5-9-13)14-10-6-3-7-11-14/h2-12H,1H3. The van der Waals surface area contributed by atoms with E-state index in [0.717, 1.165) is 0 Å². The summed E-state index contributed by atoms with van der Waals surface area (Å²) in [5, 5.41) is 0.678. The summed E-state index contributed by atoms with van der Waals surface area (Å²) in [6.07, 6.45) is 0. The zero-order chi connectivity index (χ0) is 11.0. The largest absolute Gasteiger partial charge is 0.139 e. The van der Waals surface area contributed by atoms with Crippen LogP contribution in [0.1, 0.15) is 18.1 Å². The molecule has 0 saturated carbocycles. The first-order chi connectivity index (χ1) is 7.84. The molecule has 1 heterocycles. The Bertz CT molecular complexity index is 436. The van der Waals surface area contributed by atoms with E-state index in [9.17, 15) is 0 Å². The summed E-state index contributed by atoms with van der Waals surface area (Å²) in [4.78, 5) is 0. The van der Waals surface area contributed by atoms with Gasteiger partial charge in [0.25, 0.3) is 0 Å². The van der Waals surface area contributed by atoms with Gasteiger partial charge in [-0.25, -0.2) is 0 Å². The van der Waals surface area contributed by atoms with Gasteiger partial charge < -0.3 is 0 Å². The predicted octanol–water partition coefficient (Wildman–Crippen LogP) is 4.07. The molecular weight excluding hydrogens is 212 g/mol. The van der Waals surface area contributed by atoms with E-state index in [0.29, 0.717) is 5.25 Å². The van der Waals surface area contributed by atoms with E-state index in [1.54, 1.807) is 0 Å². The van der Waals surface area contributed by atoms with Crippen molar-refractivity contribution >= 4 is 11.8 Å². The highest BCUT2D eigenvalue weighted by molar-refractivity contribution is 8.08. The smallest absolute Gasteiger partial charge is 0.0776 e. The van der Waals surface area contributed by atoms with E-state index < -0.39 is 0 Å². The fourth-order valence-electron chi connectivity index (χ4n) is 2.39. The summed E-state index contributed by atoms with van der Waals surface area (Å²) >= 11 is 2.05. The van der Waals surface area contributed by atoms with Crippen LogP contribution >= 0.6 is 11.8 Å². The van der Waals surface area contributed by atoms with Crippen molar-refractivity contribution in [3.05, 3.63) is 71.8 Å². The average Bonchev–Trinajstić information content (AvgIpc) is 3.05. The van der Waals surface area contributed by atoms with Crippen molar-refractivity contribution in [1.29, 1.82) is 0 Å². The van der Waals surface area contributed by atoms with E-state index in [1.807, 2.05) is 11.8 Å². The van der Waals surface area contributed by atoms with Gasteiger partial charge in [0.1, 0.15) is 0 Å². The Balaban J connectivity index is 2.10. The maximum absolute atomic E-state index is 2.31. The molecule has 0 aromatic heterocycles. The second-order valence-corrected chi connectivity index (χ2v) is 5.81. The van der Waals surface area contributed by atoms with E-state index in [1.165, 1.54) is 11.1 Å². The highest BCUT2D eigenvalue weighted by Gasteiger charge is 2.54. The topological polar surface area (TPSA) is 0 Å². The Morgan fingerprint density at radius 3 is 1.50 bits per heavy atom. The van der Waals surface area contributed by atoms with Crippen LogP contribution in [0.2, 0.25) is 0 Å². The molecule has 0 bridgehead atoms. The fraction of sp³-hybridized carbons (Fsp3) is 0.200. The highest BCUT2D eigenvalue weighted by atomic mass is 32.2. The minimum absolute atomic E-state index is 0.211. The quantitative estimate of drug-likeness (QED) is 0.696. The van der Waals surface area contributed by atoms with Crippen LogP contribution < -0.4 is 0 Å². The number of hydrogen-bond acceptors (Lipinski definition) is 1. The van der Waals surface area contributed by atoms with Crippen molar-refractivity contribution in [2.24, 2.45) is 0 Å². The minimum Gasteiger partial charge on any atom is -0.139 e. The molecule has 1 fully saturated rings. The van der Waals surface area contributed by atoms with Gasteiger partial charge in [-0.2, -0.15) is 0 Å². The zero-order valence-electron chi connectivity index (χ0n) is 9.26. The third-order valence-corrected chi connectivity index (χ3v) is 4.93. The lowest BCUT2D eigenvalue weighted by molar-refractivity contribution is 0.832. The molecule has 0 amide bonds. The van der Waals surface area contributed by atoms with Gasteiger partial charge >= 0.3 is 0 Å². The first-order valence-electron chi connectivity index (χ1n) is 5.63. The van der Waals surface area contributed by atoms with Crippen molar-refractivity contribution in [3.8, 4) is 0 Å². The van der Waals surface area contributed by atoms with E-state index >= 15 is 0 Å². The van der Waals surface area contributed by atoms with Crippen molar-refractivity contribution < 1.29 is 0 Å². The summed E-state index contributed by atoms with van der Waals surface area (Å²) < 4.78 is 0.211. The minimum atomic E-state index is 0.211. The molecule has 1 atom stereocenters. The van der Waals surface area contributed by atoms with Crippen LogP contribution in [0.15, 0.2) is 60.7 Å². The molecule has 1 saturated heterocycles. The lowest BCUT2D eigenvalue weighted by Crippen LogP contribution is -2.12. The molecule has 1 unspecified atom stereocenters. The maximum Gasteiger partial charge on any atom is 0.0776 e. The second kappa shape index (κ2) is 3.67. The lowest BCUT2D eigenvalue weighted by atomic mass is 9.89. The summed E-state index contributed by atoms with van der Waals surface area (Å²) in [6, 6.07) is 21.6. The second-order valence-electron chi connectivity index (χ2n) is 4.23. The number of hydrogen-bond donors (Lipinski definition) is 0. The van der Waals surface area contributed by atoms with Gasteiger partial charge in [-0.3, -0.25) is 0 Å². The van der Waals surface area contributed by atoms with E-state index in [-0.39, 0.29) is 4.75 Å². The van der Waals surface area contributed by atoms with Gasteiger partial charge in [-0.15, -0.1) is 11.8 Å².